The summed E-state index contributed by atoms with van der Waals surface area (Å²) in [7, 11) is 0. The maximum Gasteiger partial charge on any atom is 0.196 e. The fourth-order valence-electron chi connectivity index (χ4n) is 4.35. The quantitative estimate of drug-likeness (QED) is 0.209. The number of allylic oxidation sites excluding steroid dienone is 2. The molecule has 0 aromatic heterocycles. The molecular weight excluding hydrogens is 384 g/mol. The number of hydrogen-bond acceptors (Lipinski definition) is 3. The van der Waals surface area contributed by atoms with Gasteiger partial charge in [-0.25, -0.2) is 0 Å². The summed E-state index contributed by atoms with van der Waals surface area (Å²) >= 11 is 0. The van der Waals surface area contributed by atoms with Crippen molar-refractivity contribution in [2.24, 2.45) is 0 Å². The molecule has 3 heteroatoms. The molecule has 0 amide bonds. The van der Waals surface area contributed by atoms with Gasteiger partial charge in [0.1, 0.15) is 5.76 Å². The summed E-state index contributed by atoms with van der Waals surface area (Å²) in [6.45, 7) is 2.26. The minimum atomic E-state index is -1.04. The molecule has 1 aromatic rings. The Bertz CT molecular complexity index is 704. The second-order valence-corrected chi connectivity index (χ2v) is 9.16. The molecule has 0 saturated heterocycles. The van der Waals surface area contributed by atoms with E-state index in [9.17, 15) is 15.0 Å². The highest BCUT2D eigenvalue weighted by Crippen LogP contribution is 2.31. The second kappa shape index (κ2) is 14.2. The number of carbonyl (C=O) groups is 1. The number of Topliss-reactive ketones (excluding diaryl/α,β-unsaturated/α-hetero) is 1. The lowest BCUT2D eigenvalue weighted by atomic mass is 9.84. The van der Waals surface area contributed by atoms with Crippen LogP contribution in [0, 0.1) is 0 Å². The Morgan fingerprint density at radius 3 is 1.87 bits per heavy atom. The molecule has 3 nitrogen and oxygen atoms in total. The molecule has 0 aliphatic heterocycles. The molecule has 0 bridgehead atoms. The molecule has 1 unspecified atom stereocenters. The van der Waals surface area contributed by atoms with E-state index in [-0.39, 0.29) is 18.0 Å². The van der Waals surface area contributed by atoms with Crippen molar-refractivity contribution in [2.45, 2.75) is 109 Å². The molecule has 31 heavy (non-hydrogen) atoms. The summed E-state index contributed by atoms with van der Waals surface area (Å²) in [6.07, 6.45) is 20.9. The van der Waals surface area contributed by atoms with E-state index < -0.39 is 5.60 Å². The van der Waals surface area contributed by atoms with Crippen molar-refractivity contribution in [1.29, 1.82) is 0 Å². The first kappa shape index (κ1) is 25.4. The number of aliphatic hydroxyl groups is 2. The topological polar surface area (TPSA) is 57.5 Å². The summed E-state index contributed by atoms with van der Waals surface area (Å²) in [4.78, 5) is 12.6. The largest absolute Gasteiger partial charge is 0.511 e. The third kappa shape index (κ3) is 9.43. The Labute approximate surface area is 189 Å². The minimum absolute atomic E-state index is 0.00597. The highest BCUT2D eigenvalue weighted by Gasteiger charge is 2.31. The first-order valence-corrected chi connectivity index (χ1v) is 12.5. The fourth-order valence-corrected chi connectivity index (χ4v) is 4.35. The lowest BCUT2D eigenvalue weighted by molar-refractivity contribution is 0.0641. The number of rotatable bonds is 16. The number of carbonyl (C=O) groups excluding carboxylic acids is 1. The predicted molar refractivity (Wildman–Crippen MR) is 129 cm³/mol. The first-order chi connectivity index (χ1) is 15.1. The molecule has 0 spiro atoms. The van der Waals surface area contributed by atoms with Crippen LogP contribution < -0.4 is 0 Å². The number of ketones is 1. The molecular formula is C28H42O3. The van der Waals surface area contributed by atoms with E-state index >= 15 is 0 Å². The molecule has 2 rings (SSSR count). The van der Waals surface area contributed by atoms with Gasteiger partial charge >= 0.3 is 0 Å². The maximum absolute atomic E-state index is 12.6. The van der Waals surface area contributed by atoms with Crippen LogP contribution in [0.1, 0.15) is 114 Å². The first-order valence-electron chi connectivity index (χ1n) is 12.5. The Hall–Kier alpha value is -1.87. The van der Waals surface area contributed by atoms with Crippen LogP contribution in [0.15, 0.2) is 53.8 Å². The van der Waals surface area contributed by atoms with E-state index in [4.69, 9.17) is 0 Å². The van der Waals surface area contributed by atoms with Crippen LogP contribution >= 0.6 is 0 Å². The molecule has 2 N–H and O–H groups in total. The van der Waals surface area contributed by atoms with Crippen LogP contribution in [0.2, 0.25) is 0 Å². The van der Waals surface area contributed by atoms with Crippen molar-refractivity contribution < 1.29 is 15.0 Å². The lowest BCUT2D eigenvalue weighted by Crippen LogP contribution is -2.30. The van der Waals surface area contributed by atoms with Gasteiger partial charge in [-0.1, -0.05) is 127 Å². The van der Waals surface area contributed by atoms with Gasteiger partial charge in [0.15, 0.2) is 5.78 Å². The Balaban J connectivity index is 1.57. The second-order valence-electron chi connectivity index (χ2n) is 9.16. The van der Waals surface area contributed by atoms with Crippen molar-refractivity contribution in [2.75, 3.05) is 0 Å². The van der Waals surface area contributed by atoms with Crippen molar-refractivity contribution in [3.63, 3.8) is 0 Å². The summed E-state index contributed by atoms with van der Waals surface area (Å²) in [5.74, 6) is -0.203. The molecule has 0 radical (unpaired) electrons. The van der Waals surface area contributed by atoms with Gasteiger partial charge in [-0.3, -0.25) is 4.79 Å². The minimum Gasteiger partial charge on any atom is -0.511 e. The van der Waals surface area contributed by atoms with Gasteiger partial charge in [-0.2, -0.15) is 0 Å². The number of hydrogen-bond donors (Lipinski definition) is 2. The van der Waals surface area contributed by atoms with E-state index in [0.717, 1.165) is 12.8 Å². The molecule has 0 saturated carbocycles. The third-order valence-corrected chi connectivity index (χ3v) is 6.34. The third-order valence-electron chi connectivity index (χ3n) is 6.34. The van der Waals surface area contributed by atoms with E-state index in [1.807, 2.05) is 18.2 Å². The van der Waals surface area contributed by atoms with Gasteiger partial charge in [-0.15, -0.1) is 0 Å². The van der Waals surface area contributed by atoms with E-state index in [1.165, 1.54) is 70.6 Å². The van der Waals surface area contributed by atoms with Crippen LogP contribution in [-0.4, -0.2) is 21.6 Å². The predicted octanol–water partition coefficient (Wildman–Crippen LogP) is 7.85. The van der Waals surface area contributed by atoms with Crippen molar-refractivity contribution in [1.82, 2.24) is 0 Å². The molecule has 172 valence electrons. The molecule has 0 fully saturated rings. The molecule has 0 heterocycles. The zero-order chi connectivity index (χ0) is 22.4. The normalized spacial score (nSPS) is 18.5. The smallest absolute Gasteiger partial charge is 0.196 e. The van der Waals surface area contributed by atoms with Crippen LogP contribution in [0.3, 0.4) is 0 Å². The monoisotopic (exact) mass is 426 g/mol. The molecule has 1 aliphatic rings. The molecule has 1 aliphatic carbocycles. The zero-order valence-electron chi connectivity index (χ0n) is 19.5. The van der Waals surface area contributed by atoms with Gasteiger partial charge in [0.05, 0.1) is 11.2 Å². The highest BCUT2D eigenvalue weighted by atomic mass is 16.3. The SMILES string of the molecule is CCCCCCCCCCCCCCCC1(O)C=CC(C(=O)c2ccccc2)=C(O)C1. The van der Waals surface area contributed by atoms with Gasteiger partial charge < -0.3 is 10.2 Å². The zero-order valence-corrected chi connectivity index (χ0v) is 19.5. The standard InChI is InChI=1S/C28H42O3/c1-2-3-4-5-6-7-8-9-10-11-12-13-17-21-28(31)22-20-25(26(29)23-28)27(30)24-18-15-14-16-19-24/h14-16,18-20,22,29,31H,2-13,17,21,23H2,1H3. The number of aliphatic hydroxyl groups excluding tert-OH is 1. The van der Waals surface area contributed by atoms with Crippen LogP contribution in [-0.2, 0) is 0 Å². The maximum atomic E-state index is 12.6. The Morgan fingerprint density at radius 1 is 0.839 bits per heavy atom. The Morgan fingerprint density at radius 2 is 1.35 bits per heavy atom. The van der Waals surface area contributed by atoms with Gasteiger partial charge in [0.25, 0.3) is 0 Å². The van der Waals surface area contributed by atoms with Crippen molar-refractivity contribution in [3.8, 4) is 0 Å². The summed E-state index contributed by atoms with van der Waals surface area (Å²) in [5.41, 5.74) is -0.195. The Kier molecular flexibility index (Phi) is 11.7. The average Bonchev–Trinajstić information content (AvgIpc) is 2.77. The van der Waals surface area contributed by atoms with Crippen LogP contribution in [0.25, 0.3) is 0 Å². The van der Waals surface area contributed by atoms with Crippen LogP contribution in [0.4, 0.5) is 0 Å². The van der Waals surface area contributed by atoms with Crippen molar-refractivity contribution >= 4 is 5.78 Å². The number of unbranched alkanes of at least 4 members (excludes halogenated alkanes) is 12. The van der Waals surface area contributed by atoms with E-state index in [2.05, 4.69) is 6.92 Å². The van der Waals surface area contributed by atoms with Gasteiger partial charge in [-0.05, 0) is 12.5 Å². The van der Waals surface area contributed by atoms with Gasteiger partial charge in [0.2, 0.25) is 0 Å². The summed E-state index contributed by atoms with van der Waals surface area (Å²) in [5, 5.41) is 21.2. The lowest BCUT2D eigenvalue weighted by Gasteiger charge is -2.28. The number of benzene rings is 1. The van der Waals surface area contributed by atoms with E-state index in [0.29, 0.717) is 17.6 Å². The summed E-state index contributed by atoms with van der Waals surface area (Å²) < 4.78 is 0. The molecule has 1 atom stereocenters. The van der Waals surface area contributed by atoms with Crippen molar-refractivity contribution in [3.05, 3.63) is 59.4 Å². The molecule has 1 aromatic carbocycles. The van der Waals surface area contributed by atoms with Crippen LogP contribution in [0.5, 0.6) is 0 Å². The summed E-state index contributed by atoms with van der Waals surface area (Å²) in [6, 6.07) is 8.95. The average molecular weight is 427 g/mol. The van der Waals surface area contributed by atoms with E-state index in [1.54, 1.807) is 24.3 Å². The van der Waals surface area contributed by atoms with Gasteiger partial charge in [0, 0.05) is 12.0 Å². The highest BCUT2D eigenvalue weighted by molar-refractivity contribution is 6.11. The fraction of sp³-hybridized carbons (Fsp3) is 0.607.